The average Bonchev–Trinajstić information content (AvgIpc) is 3.85. The Bertz CT molecular complexity index is 2530. The SMILES string of the molecule is C1=CCCC(N(C2=CC=CCC2)C2C=CC(N(c3ccccc3)C3C=CC(C4C=CC(n5c6c(c7ccccc75)C5Sc7ccccc7C5CC6)=CC4)=CC3)=CC2)=C1. The minimum atomic E-state index is 0.256. The smallest absolute Gasteiger partial charge is 0.0559 e. The summed E-state index contributed by atoms with van der Waals surface area (Å²) < 4.78 is 2.61. The summed E-state index contributed by atoms with van der Waals surface area (Å²) >= 11 is 2.09. The molecule has 0 saturated carbocycles. The van der Waals surface area contributed by atoms with Gasteiger partial charge in [0.2, 0.25) is 0 Å². The van der Waals surface area contributed by atoms with Gasteiger partial charge >= 0.3 is 0 Å². The van der Waals surface area contributed by atoms with Crippen LogP contribution in [0.4, 0.5) is 5.69 Å². The lowest BCUT2D eigenvalue weighted by atomic mass is 9.81. The maximum atomic E-state index is 2.63. The second-order valence-electron chi connectivity index (χ2n) is 16.7. The van der Waals surface area contributed by atoms with Crippen molar-refractivity contribution < 1.29 is 0 Å². The van der Waals surface area contributed by atoms with Crippen molar-refractivity contribution >= 4 is 34.0 Å². The highest BCUT2D eigenvalue weighted by Gasteiger charge is 2.41. The van der Waals surface area contributed by atoms with Crippen LogP contribution in [0.3, 0.4) is 0 Å². The van der Waals surface area contributed by atoms with Crippen molar-refractivity contribution in [2.75, 3.05) is 4.90 Å². The molecule has 0 saturated heterocycles. The lowest BCUT2D eigenvalue weighted by Crippen LogP contribution is -2.37. The zero-order chi connectivity index (χ0) is 38.4. The monoisotopic (exact) mass is 773 g/mol. The predicted molar refractivity (Wildman–Crippen MR) is 244 cm³/mol. The van der Waals surface area contributed by atoms with Crippen LogP contribution in [0.5, 0.6) is 0 Å². The maximum absolute atomic E-state index is 2.63. The first kappa shape index (κ1) is 35.7. The molecule has 58 heavy (non-hydrogen) atoms. The van der Waals surface area contributed by atoms with E-state index in [1.165, 1.54) is 62.0 Å². The molecular weight excluding hydrogens is 723 g/mol. The van der Waals surface area contributed by atoms with Gasteiger partial charge in [-0.2, -0.15) is 0 Å². The van der Waals surface area contributed by atoms with Gasteiger partial charge in [-0.05, 0) is 123 Å². The summed E-state index contributed by atoms with van der Waals surface area (Å²) in [7, 11) is 0. The second kappa shape index (κ2) is 15.4. The van der Waals surface area contributed by atoms with Crippen molar-refractivity contribution in [1.29, 1.82) is 0 Å². The van der Waals surface area contributed by atoms with Crippen molar-refractivity contribution in [3.8, 4) is 0 Å². The van der Waals surface area contributed by atoms with E-state index < -0.39 is 0 Å². The summed E-state index contributed by atoms with van der Waals surface area (Å²) in [4.78, 5) is 6.67. The van der Waals surface area contributed by atoms with E-state index in [0.29, 0.717) is 23.1 Å². The van der Waals surface area contributed by atoms with Crippen molar-refractivity contribution in [2.45, 2.75) is 85.9 Å². The number of para-hydroxylation sites is 2. The molecule has 4 heteroatoms. The molecule has 1 aromatic heterocycles. The first-order valence-electron chi connectivity index (χ1n) is 21.7. The number of thioether (sulfide) groups is 1. The van der Waals surface area contributed by atoms with E-state index in [0.717, 1.165) is 51.4 Å². The number of anilines is 1. The molecule has 4 aromatic rings. The van der Waals surface area contributed by atoms with E-state index >= 15 is 0 Å². The van der Waals surface area contributed by atoms with Gasteiger partial charge in [0.15, 0.2) is 0 Å². The molecule has 6 aliphatic carbocycles. The van der Waals surface area contributed by atoms with Crippen molar-refractivity contribution in [3.05, 3.63) is 209 Å². The van der Waals surface area contributed by atoms with Gasteiger partial charge < -0.3 is 14.4 Å². The molecule has 2 heterocycles. The minimum absolute atomic E-state index is 0.256. The molecule has 0 radical (unpaired) electrons. The number of rotatable bonds is 8. The van der Waals surface area contributed by atoms with Gasteiger partial charge in [0.1, 0.15) is 0 Å². The third-order valence-electron chi connectivity index (χ3n) is 13.4. The fourth-order valence-electron chi connectivity index (χ4n) is 10.7. The van der Waals surface area contributed by atoms with E-state index in [4.69, 9.17) is 0 Å². The molecule has 5 atom stereocenters. The Hall–Kier alpha value is -5.45. The summed E-state index contributed by atoms with van der Waals surface area (Å²) in [5, 5.41) is 1.93. The van der Waals surface area contributed by atoms with Crippen LogP contribution >= 0.6 is 11.8 Å². The van der Waals surface area contributed by atoms with Gasteiger partial charge in [-0.15, -0.1) is 11.8 Å². The number of nitrogens with zero attached hydrogens (tertiary/aromatic N) is 3. The molecule has 0 spiro atoms. The van der Waals surface area contributed by atoms with E-state index in [2.05, 4.69) is 196 Å². The van der Waals surface area contributed by atoms with E-state index in [1.807, 2.05) is 0 Å². The Kier molecular flexibility index (Phi) is 9.46. The topological polar surface area (TPSA) is 11.4 Å². The van der Waals surface area contributed by atoms with Crippen LogP contribution in [-0.4, -0.2) is 21.6 Å². The number of allylic oxidation sites excluding steroid dienone is 15. The number of benzene rings is 3. The number of hydrogen-bond acceptors (Lipinski definition) is 3. The molecule has 3 aromatic carbocycles. The van der Waals surface area contributed by atoms with Crippen LogP contribution in [0.15, 0.2) is 198 Å². The largest absolute Gasteiger partial charge is 0.342 e. The molecule has 3 nitrogen and oxygen atoms in total. The first-order chi connectivity index (χ1) is 28.8. The van der Waals surface area contributed by atoms with Crippen LogP contribution in [-0.2, 0) is 6.42 Å². The molecule has 0 N–H and O–H groups in total. The zero-order valence-corrected chi connectivity index (χ0v) is 34.0. The van der Waals surface area contributed by atoms with Gasteiger partial charge in [0.05, 0.1) is 17.6 Å². The second-order valence-corrected chi connectivity index (χ2v) is 17.9. The van der Waals surface area contributed by atoms with Gasteiger partial charge in [0, 0.05) is 61.5 Å². The summed E-state index contributed by atoms with van der Waals surface area (Å²) in [6.07, 6.45) is 45.6. The molecule has 288 valence electrons. The lowest BCUT2D eigenvalue weighted by Gasteiger charge is -2.40. The van der Waals surface area contributed by atoms with Crippen LogP contribution < -0.4 is 4.90 Å². The highest BCUT2D eigenvalue weighted by atomic mass is 32.2. The van der Waals surface area contributed by atoms with E-state index in [-0.39, 0.29) is 6.04 Å². The molecule has 0 bridgehead atoms. The van der Waals surface area contributed by atoms with Gasteiger partial charge in [0.25, 0.3) is 0 Å². The lowest BCUT2D eigenvalue weighted by molar-refractivity contribution is 0.335. The van der Waals surface area contributed by atoms with Gasteiger partial charge in [-0.1, -0.05) is 121 Å². The Labute approximate surface area is 348 Å². The predicted octanol–water partition coefficient (Wildman–Crippen LogP) is 13.7. The quantitative estimate of drug-likeness (QED) is 0.177. The molecule has 0 amide bonds. The fraction of sp³-hybridized carbons (Fsp3) is 0.259. The third kappa shape index (κ3) is 6.37. The van der Waals surface area contributed by atoms with Crippen molar-refractivity contribution in [2.24, 2.45) is 5.92 Å². The summed E-state index contributed by atoms with van der Waals surface area (Å²) in [6, 6.07) is 29.9. The van der Waals surface area contributed by atoms with Crippen molar-refractivity contribution in [1.82, 2.24) is 9.47 Å². The van der Waals surface area contributed by atoms with Crippen LogP contribution in [0.1, 0.15) is 79.4 Å². The van der Waals surface area contributed by atoms with Crippen LogP contribution in [0.2, 0.25) is 0 Å². The zero-order valence-electron chi connectivity index (χ0n) is 33.2. The maximum Gasteiger partial charge on any atom is 0.0559 e. The summed E-state index contributed by atoms with van der Waals surface area (Å²) in [5.41, 5.74) is 14.2. The minimum Gasteiger partial charge on any atom is -0.342 e. The van der Waals surface area contributed by atoms with Crippen molar-refractivity contribution in [3.63, 3.8) is 0 Å². The number of fused-ring (bicyclic) bond motifs is 7. The van der Waals surface area contributed by atoms with Crippen LogP contribution in [0.25, 0.3) is 16.6 Å². The molecule has 0 fully saturated rings. The first-order valence-corrected chi connectivity index (χ1v) is 22.5. The molecule has 1 aliphatic heterocycles. The van der Waals surface area contributed by atoms with Gasteiger partial charge in [-0.25, -0.2) is 0 Å². The summed E-state index contributed by atoms with van der Waals surface area (Å²) in [5.74, 6) is 0.998. The van der Waals surface area contributed by atoms with Gasteiger partial charge in [-0.3, -0.25) is 0 Å². The third-order valence-corrected chi connectivity index (χ3v) is 14.9. The molecule has 11 rings (SSSR count). The highest BCUT2D eigenvalue weighted by molar-refractivity contribution is 8.00. The highest BCUT2D eigenvalue weighted by Crippen LogP contribution is 2.60. The van der Waals surface area contributed by atoms with E-state index in [9.17, 15) is 0 Å². The Morgan fingerprint density at radius 3 is 2.10 bits per heavy atom. The summed E-state index contributed by atoms with van der Waals surface area (Å²) in [6.45, 7) is 0. The van der Waals surface area contributed by atoms with E-state index in [1.54, 1.807) is 11.1 Å². The standard InChI is InChI=1S/C54H51N3S/c1-4-14-40(15-5-1)55(41-16-6-2-7-17-41)44-32-34-45(35-33-44)56(42-18-8-3-9-19-42)43-28-24-38(25-29-43)39-26-30-46(31-27-39)57-50-22-12-10-21-49(50)53-51(57)37-36-48-47-20-11-13-23-52(47)58-54(48)53/h1-4,6,8-14,16,18-26,28,30-32,34-35,39,43-44,48,54H,5,7,15,17,27,29,33,36-37H2. The average molecular weight is 774 g/mol. The van der Waals surface area contributed by atoms with Crippen LogP contribution in [0, 0.1) is 5.92 Å². The number of aromatic nitrogens is 1. The fourth-order valence-corrected chi connectivity index (χ4v) is 12.3. The normalized spacial score (nSPS) is 25.6. The Balaban J connectivity index is 0.819. The Morgan fingerprint density at radius 2 is 1.38 bits per heavy atom. The Morgan fingerprint density at radius 1 is 0.638 bits per heavy atom. The number of hydrogen-bond donors (Lipinski definition) is 0. The molecular formula is C54H51N3S. The molecule has 7 aliphatic rings. The molecule has 5 unspecified atom stereocenters.